The summed E-state index contributed by atoms with van der Waals surface area (Å²) in [7, 11) is 0. The van der Waals surface area contributed by atoms with E-state index in [1.54, 1.807) is 12.3 Å². The molecule has 0 aliphatic heterocycles. The van der Waals surface area contributed by atoms with Crippen LogP contribution in [-0.2, 0) is 4.79 Å². The second-order valence-electron chi connectivity index (χ2n) is 5.26. The molecule has 0 bridgehead atoms. The van der Waals surface area contributed by atoms with Crippen molar-refractivity contribution in [1.82, 2.24) is 15.3 Å². The van der Waals surface area contributed by atoms with Gasteiger partial charge in [-0.2, -0.15) is 4.98 Å². The van der Waals surface area contributed by atoms with Gasteiger partial charge < -0.3 is 15.4 Å². The van der Waals surface area contributed by atoms with E-state index in [4.69, 9.17) is 4.74 Å². The Morgan fingerprint density at radius 2 is 2.30 bits per heavy atom. The van der Waals surface area contributed by atoms with Crippen LogP contribution in [0.3, 0.4) is 0 Å². The highest BCUT2D eigenvalue weighted by Gasteiger charge is 2.22. The fourth-order valence-corrected chi connectivity index (χ4v) is 1.71. The van der Waals surface area contributed by atoms with Crippen molar-refractivity contribution < 1.29 is 9.53 Å². The first-order chi connectivity index (χ1) is 9.63. The van der Waals surface area contributed by atoms with Gasteiger partial charge >= 0.3 is 0 Å². The van der Waals surface area contributed by atoms with Gasteiger partial charge in [0.1, 0.15) is 0 Å². The Balaban J connectivity index is 1.66. The maximum atomic E-state index is 11.5. The van der Waals surface area contributed by atoms with Crippen LogP contribution in [0.1, 0.15) is 39.5 Å². The number of ether oxygens (including phenoxy) is 1. The third-order valence-corrected chi connectivity index (χ3v) is 2.79. The fraction of sp³-hybridized carbons (Fsp3) is 0.643. The van der Waals surface area contributed by atoms with Crippen LogP contribution in [-0.4, -0.2) is 34.6 Å². The van der Waals surface area contributed by atoms with Gasteiger partial charge in [0, 0.05) is 31.3 Å². The van der Waals surface area contributed by atoms with Crippen LogP contribution in [0.2, 0.25) is 0 Å². The molecule has 1 aliphatic rings. The molecule has 0 atom stereocenters. The molecule has 1 heterocycles. The largest absolute Gasteiger partial charge is 0.475 e. The molecule has 1 aromatic rings. The zero-order chi connectivity index (χ0) is 14.4. The normalized spacial score (nSPS) is 14.2. The smallest absolute Gasteiger partial charge is 0.225 e. The Morgan fingerprint density at radius 3 is 3.00 bits per heavy atom. The predicted molar refractivity (Wildman–Crippen MR) is 76.7 cm³/mol. The molecule has 1 fully saturated rings. The molecular formula is C14H22N4O2. The topological polar surface area (TPSA) is 76.1 Å². The number of rotatable bonds is 8. The Labute approximate surface area is 119 Å². The first-order valence-electron chi connectivity index (χ1n) is 7.16. The summed E-state index contributed by atoms with van der Waals surface area (Å²) in [5.74, 6) is 1.22. The van der Waals surface area contributed by atoms with Gasteiger partial charge in [-0.1, -0.05) is 0 Å². The average molecular weight is 278 g/mol. The number of hydrogen-bond acceptors (Lipinski definition) is 5. The standard InChI is InChI=1S/C14H22N4O2/c1-10(2)20-13-7-9-16-14(18-13)15-8-3-4-12(19)17-11-5-6-11/h7,9-11H,3-6,8H2,1-2H3,(H,17,19)(H,15,16,18). The van der Waals surface area contributed by atoms with Crippen molar-refractivity contribution in [2.45, 2.75) is 51.7 Å². The summed E-state index contributed by atoms with van der Waals surface area (Å²) in [6, 6.07) is 2.16. The maximum absolute atomic E-state index is 11.5. The van der Waals surface area contributed by atoms with Crippen molar-refractivity contribution in [1.29, 1.82) is 0 Å². The minimum absolute atomic E-state index is 0.0869. The molecule has 6 nitrogen and oxygen atoms in total. The lowest BCUT2D eigenvalue weighted by molar-refractivity contribution is -0.121. The zero-order valence-electron chi connectivity index (χ0n) is 12.1. The van der Waals surface area contributed by atoms with Crippen LogP contribution >= 0.6 is 0 Å². The second-order valence-corrected chi connectivity index (χ2v) is 5.26. The molecule has 6 heteroatoms. The SMILES string of the molecule is CC(C)Oc1ccnc(NCCCC(=O)NC2CC2)n1. The highest BCUT2D eigenvalue weighted by atomic mass is 16.5. The molecule has 1 aliphatic carbocycles. The maximum Gasteiger partial charge on any atom is 0.225 e. The highest BCUT2D eigenvalue weighted by molar-refractivity contribution is 5.76. The zero-order valence-corrected chi connectivity index (χ0v) is 12.1. The van der Waals surface area contributed by atoms with E-state index in [0.717, 1.165) is 19.3 Å². The Kier molecular flexibility index (Phi) is 5.15. The van der Waals surface area contributed by atoms with Crippen LogP contribution in [0.25, 0.3) is 0 Å². The van der Waals surface area contributed by atoms with Gasteiger partial charge in [0.05, 0.1) is 6.10 Å². The van der Waals surface area contributed by atoms with E-state index in [0.29, 0.717) is 30.8 Å². The molecule has 0 unspecified atom stereocenters. The lowest BCUT2D eigenvalue weighted by atomic mass is 10.3. The van der Waals surface area contributed by atoms with Gasteiger partial charge in [-0.3, -0.25) is 4.79 Å². The summed E-state index contributed by atoms with van der Waals surface area (Å²) in [4.78, 5) is 19.9. The van der Waals surface area contributed by atoms with Crippen LogP contribution in [0.15, 0.2) is 12.3 Å². The molecular weight excluding hydrogens is 256 g/mol. The summed E-state index contributed by atoms with van der Waals surface area (Å²) in [5.41, 5.74) is 0. The number of anilines is 1. The third-order valence-electron chi connectivity index (χ3n) is 2.79. The molecule has 110 valence electrons. The molecule has 1 saturated carbocycles. The van der Waals surface area contributed by atoms with Crippen LogP contribution < -0.4 is 15.4 Å². The number of carbonyl (C=O) groups excluding carboxylic acids is 1. The first kappa shape index (κ1) is 14.6. The van der Waals surface area contributed by atoms with E-state index >= 15 is 0 Å². The highest BCUT2D eigenvalue weighted by Crippen LogP contribution is 2.18. The molecule has 2 N–H and O–H groups in total. The number of nitrogens with zero attached hydrogens (tertiary/aromatic N) is 2. The van der Waals surface area contributed by atoms with Gasteiger partial charge in [-0.05, 0) is 33.1 Å². The average Bonchev–Trinajstić information content (AvgIpc) is 3.18. The van der Waals surface area contributed by atoms with Crippen molar-refractivity contribution in [3.63, 3.8) is 0 Å². The van der Waals surface area contributed by atoms with E-state index < -0.39 is 0 Å². The summed E-state index contributed by atoms with van der Waals surface area (Å²) in [6.45, 7) is 4.57. The molecule has 2 rings (SSSR count). The summed E-state index contributed by atoms with van der Waals surface area (Å²) < 4.78 is 5.49. The summed E-state index contributed by atoms with van der Waals surface area (Å²) in [6.07, 6.45) is 5.29. The molecule has 0 aromatic carbocycles. The predicted octanol–water partition coefficient (Wildman–Crippen LogP) is 1.73. The van der Waals surface area contributed by atoms with Gasteiger partial charge in [0.25, 0.3) is 0 Å². The first-order valence-corrected chi connectivity index (χ1v) is 7.16. The second kappa shape index (κ2) is 7.07. The number of aromatic nitrogens is 2. The van der Waals surface area contributed by atoms with Crippen molar-refractivity contribution in [2.75, 3.05) is 11.9 Å². The van der Waals surface area contributed by atoms with Crippen molar-refractivity contribution in [3.05, 3.63) is 12.3 Å². The minimum Gasteiger partial charge on any atom is -0.475 e. The Bertz CT molecular complexity index is 447. The van der Waals surface area contributed by atoms with Gasteiger partial charge in [0.15, 0.2) is 0 Å². The van der Waals surface area contributed by atoms with Crippen LogP contribution in [0.5, 0.6) is 5.88 Å². The van der Waals surface area contributed by atoms with Gasteiger partial charge in [0.2, 0.25) is 17.7 Å². The molecule has 1 amide bonds. The van der Waals surface area contributed by atoms with Gasteiger partial charge in [-0.25, -0.2) is 4.98 Å². The summed E-state index contributed by atoms with van der Waals surface area (Å²) >= 11 is 0. The van der Waals surface area contributed by atoms with Crippen molar-refractivity contribution >= 4 is 11.9 Å². The third kappa shape index (κ3) is 5.42. The number of nitrogens with one attached hydrogen (secondary N) is 2. The Morgan fingerprint density at radius 1 is 1.50 bits per heavy atom. The fourth-order valence-electron chi connectivity index (χ4n) is 1.71. The lowest BCUT2D eigenvalue weighted by Crippen LogP contribution is -2.25. The van der Waals surface area contributed by atoms with Crippen LogP contribution in [0, 0.1) is 0 Å². The van der Waals surface area contributed by atoms with Gasteiger partial charge in [-0.15, -0.1) is 0 Å². The van der Waals surface area contributed by atoms with E-state index in [1.165, 1.54) is 0 Å². The van der Waals surface area contributed by atoms with E-state index in [1.807, 2.05) is 13.8 Å². The molecule has 0 spiro atoms. The van der Waals surface area contributed by atoms with Crippen LogP contribution in [0.4, 0.5) is 5.95 Å². The number of hydrogen-bond donors (Lipinski definition) is 2. The van der Waals surface area contributed by atoms with Crippen molar-refractivity contribution in [2.24, 2.45) is 0 Å². The van der Waals surface area contributed by atoms with E-state index in [-0.39, 0.29) is 12.0 Å². The Hall–Kier alpha value is -1.85. The van der Waals surface area contributed by atoms with E-state index in [9.17, 15) is 4.79 Å². The molecule has 20 heavy (non-hydrogen) atoms. The number of amides is 1. The monoisotopic (exact) mass is 278 g/mol. The number of carbonyl (C=O) groups is 1. The van der Waals surface area contributed by atoms with Crippen molar-refractivity contribution in [3.8, 4) is 5.88 Å². The molecule has 0 saturated heterocycles. The van der Waals surface area contributed by atoms with E-state index in [2.05, 4.69) is 20.6 Å². The summed E-state index contributed by atoms with van der Waals surface area (Å²) in [5, 5.41) is 6.07. The lowest BCUT2D eigenvalue weighted by Gasteiger charge is -2.10. The molecule has 1 aromatic heterocycles. The quantitative estimate of drug-likeness (QED) is 0.708. The minimum atomic E-state index is 0.0869. The molecule has 0 radical (unpaired) electrons.